The van der Waals surface area contributed by atoms with Gasteiger partial charge in [0.25, 0.3) is 5.91 Å². The Morgan fingerprint density at radius 2 is 1.59 bits per heavy atom. The van der Waals surface area contributed by atoms with Crippen LogP contribution in [0.2, 0.25) is 0 Å². The molecule has 32 heavy (non-hydrogen) atoms. The molecular formula is C25H28N2O5. The Balaban J connectivity index is 1.22. The highest BCUT2D eigenvalue weighted by atomic mass is 16.5. The summed E-state index contributed by atoms with van der Waals surface area (Å²) in [7, 11) is 0. The van der Waals surface area contributed by atoms with Gasteiger partial charge in [0.15, 0.2) is 17.3 Å². The number of likely N-dealkylation sites (tertiary alicyclic amines) is 1. The molecule has 0 aliphatic carbocycles. The number of hydrogen-bond donors (Lipinski definition) is 1. The van der Waals surface area contributed by atoms with Crippen LogP contribution >= 0.6 is 0 Å². The minimum Gasteiger partial charge on any atom is -0.490 e. The number of fused-ring (bicyclic) bond motifs is 1. The molecule has 0 saturated carbocycles. The molecule has 2 amide bonds. The summed E-state index contributed by atoms with van der Waals surface area (Å²) < 4.78 is 11.2. The lowest BCUT2D eigenvalue weighted by molar-refractivity contribution is -0.132. The maximum absolute atomic E-state index is 12.6. The molecule has 2 aliphatic heterocycles. The molecule has 0 spiro atoms. The number of ketones is 1. The number of piperidine rings is 1. The summed E-state index contributed by atoms with van der Waals surface area (Å²) in [6.07, 6.45) is 2.55. The van der Waals surface area contributed by atoms with E-state index in [4.69, 9.17) is 9.47 Å². The zero-order valence-corrected chi connectivity index (χ0v) is 18.0. The van der Waals surface area contributed by atoms with Gasteiger partial charge in [-0.1, -0.05) is 18.2 Å². The molecule has 0 unspecified atom stereocenters. The van der Waals surface area contributed by atoms with Crippen molar-refractivity contribution in [3.63, 3.8) is 0 Å². The van der Waals surface area contributed by atoms with Crippen LogP contribution in [0.3, 0.4) is 0 Å². The van der Waals surface area contributed by atoms with Crippen molar-refractivity contribution in [3.05, 3.63) is 59.7 Å². The first-order chi connectivity index (χ1) is 15.6. The Bertz CT molecular complexity index is 968. The summed E-state index contributed by atoms with van der Waals surface area (Å²) in [5.74, 6) is 1.03. The molecule has 0 atom stereocenters. The third-order valence-corrected chi connectivity index (χ3v) is 5.85. The van der Waals surface area contributed by atoms with Gasteiger partial charge >= 0.3 is 0 Å². The number of hydrogen-bond acceptors (Lipinski definition) is 5. The number of nitrogens with zero attached hydrogens (tertiary/aromatic N) is 1. The number of carbonyl (C=O) groups excluding carboxylic acids is 3. The summed E-state index contributed by atoms with van der Waals surface area (Å²) in [4.78, 5) is 39.3. The topological polar surface area (TPSA) is 84.9 Å². The van der Waals surface area contributed by atoms with Gasteiger partial charge in [-0.25, -0.2) is 0 Å². The number of nitrogens with one attached hydrogen (secondary N) is 1. The van der Waals surface area contributed by atoms with Crippen molar-refractivity contribution in [2.45, 2.75) is 38.1 Å². The highest BCUT2D eigenvalue weighted by molar-refractivity contribution is 5.98. The average molecular weight is 437 g/mol. The second kappa shape index (κ2) is 10.3. The molecule has 1 N–H and O–H groups in total. The lowest BCUT2D eigenvalue weighted by Crippen LogP contribution is -2.46. The Kier molecular flexibility index (Phi) is 7.04. The molecule has 0 bridgehead atoms. The van der Waals surface area contributed by atoms with Crippen molar-refractivity contribution in [2.24, 2.45) is 0 Å². The molecule has 1 saturated heterocycles. The third-order valence-electron chi connectivity index (χ3n) is 5.85. The average Bonchev–Trinajstić information content (AvgIpc) is 3.08. The maximum Gasteiger partial charge on any atom is 0.251 e. The maximum atomic E-state index is 12.6. The standard InChI is InChI=1S/C25H28N2O5/c28-21(19-7-9-22-23(17-19)32-16-4-15-31-22)8-10-24(29)27-13-11-20(12-14-27)26-25(30)18-5-2-1-3-6-18/h1-3,5-7,9,17,20H,4,8,10-16H2,(H,26,30). The number of rotatable bonds is 6. The van der Waals surface area contributed by atoms with E-state index in [1.165, 1.54) is 0 Å². The van der Waals surface area contributed by atoms with E-state index in [0.717, 1.165) is 6.42 Å². The lowest BCUT2D eigenvalue weighted by atomic mass is 10.0. The number of ether oxygens (including phenoxy) is 2. The van der Waals surface area contributed by atoms with E-state index in [9.17, 15) is 14.4 Å². The predicted octanol–water partition coefficient (Wildman–Crippen LogP) is 3.23. The van der Waals surface area contributed by atoms with Gasteiger partial charge in [0.05, 0.1) is 13.2 Å². The van der Waals surface area contributed by atoms with Crippen molar-refractivity contribution in [1.82, 2.24) is 10.2 Å². The number of carbonyl (C=O) groups is 3. The van der Waals surface area contributed by atoms with E-state index >= 15 is 0 Å². The Morgan fingerprint density at radius 3 is 2.34 bits per heavy atom. The molecule has 2 heterocycles. The van der Waals surface area contributed by atoms with Gasteiger partial charge in [0.1, 0.15) is 0 Å². The second-order valence-corrected chi connectivity index (χ2v) is 8.13. The predicted molar refractivity (Wildman–Crippen MR) is 119 cm³/mol. The minimum absolute atomic E-state index is 0.0273. The Labute approximate surface area is 187 Å². The lowest BCUT2D eigenvalue weighted by Gasteiger charge is -2.32. The van der Waals surface area contributed by atoms with Crippen molar-refractivity contribution < 1.29 is 23.9 Å². The smallest absolute Gasteiger partial charge is 0.251 e. The van der Waals surface area contributed by atoms with Crippen molar-refractivity contribution in [1.29, 1.82) is 0 Å². The first-order valence-electron chi connectivity index (χ1n) is 11.2. The van der Waals surface area contributed by atoms with E-state index in [1.807, 2.05) is 18.2 Å². The van der Waals surface area contributed by atoms with Crippen LogP contribution in [0.4, 0.5) is 0 Å². The Morgan fingerprint density at radius 1 is 0.875 bits per heavy atom. The third kappa shape index (κ3) is 5.46. The van der Waals surface area contributed by atoms with Crippen LogP contribution in [0.5, 0.6) is 11.5 Å². The van der Waals surface area contributed by atoms with Crippen molar-refractivity contribution in [2.75, 3.05) is 26.3 Å². The van der Waals surface area contributed by atoms with Crippen LogP contribution in [0.1, 0.15) is 52.8 Å². The zero-order valence-electron chi connectivity index (χ0n) is 18.0. The summed E-state index contributed by atoms with van der Waals surface area (Å²) in [6, 6.07) is 14.4. The number of benzene rings is 2. The van der Waals surface area contributed by atoms with Gasteiger partial charge in [-0.15, -0.1) is 0 Å². The van der Waals surface area contributed by atoms with Crippen LogP contribution in [-0.4, -0.2) is 54.8 Å². The fourth-order valence-electron chi connectivity index (χ4n) is 3.99. The summed E-state index contributed by atoms with van der Waals surface area (Å²) >= 11 is 0. The molecule has 7 heteroatoms. The highest BCUT2D eigenvalue weighted by Gasteiger charge is 2.24. The van der Waals surface area contributed by atoms with E-state index < -0.39 is 0 Å². The summed E-state index contributed by atoms with van der Waals surface area (Å²) in [5.41, 5.74) is 1.17. The number of amides is 2. The number of Topliss-reactive ketones (excluding diaryl/α,β-unsaturated/α-hetero) is 1. The van der Waals surface area contributed by atoms with Gasteiger partial charge in [-0.05, 0) is 43.2 Å². The molecule has 168 valence electrons. The molecule has 1 fully saturated rings. The summed E-state index contributed by atoms with van der Waals surface area (Å²) in [5, 5.41) is 3.04. The van der Waals surface area contributed by atoms with Gasteiger partial charge in [-0.3, -0.25) is 14.4 Å². The van der Waals surface area contributed by atoms with Crippen molar-refractivity contribution in [3.8, 4) is 11.5 Å². The Hall–Kier alpha value is -3.35. The monoisotopic (exact) mass is 436 g/mol. The second-order valence-electron chi connectivity index (χ2n) is 8.13. The van der Waals surface area contributed by atoms with E-state index in [0.29, 0.717) is 61.8 Å². The van der Waals surface area contributed by atoms with Crippen molar-refractivity contribution >= 4 is 17.6 Å². The largest absolute Gasteiger partial charge is 0.490 e. The van der Waals surface area contributed by atoms with E-state index in [-0.39, 0.29) is 36.5 Å². The van der Waals surface area contributed by atoms with Crippen LogP contribution in [0.15, 0.2) is 48.5 Å². The normalized spacial score (nSPS) is 16.2. The molecule has 0 aromatic heterocycles. The molecule has 4 rings (SSSR count). The van der Waals surface area contributed by atoms with Gasteiger partial charge in [0.2, 0.25) is 5.91 Å². The first kappa shape index (κ1) is 21.9. The molecule has 7 nitrogen and oxygen atoms in total. The summed E-state index contributed by atoms with van der Waals surface area (Å²) in [6.45, 7) is 2.32. The van der Waals surface area contributed by atoms with Crippen LogP contribution in [-0.2, 0) is 4.79 Å². The van der Waals surface area contributed by atoms with E-state index in [2.05, 4.69) is 5.32 Å². The molecule has 2 aromatic carbocycles. The highest BCUT2D eigenvalue weighted by Crippen LogP contribution is 2.31. The zero-order chi connectivity index (χ0) is 22.3. The SMILES string of the molecule is O=C(CCC(=O)N1CCC(NC(=O)c2ccccc2)CC1)c1ccc2c(c1)OCCCO2. The van der Waals surface area contributed by atoms with E-state index in [1.54, 1.807) is 35.2 Å². The molecular weight excluding hydrogens is 408 g/mol. The molecule has 2 aliphatic rings. The van der Waals surface area contributed by atoms with Crippen LogP contribution in [0, 0.1) is 0 Å². The first-order valence-corrected chi connectivity index (χ1v) is 11.2. The molecule has 2 aromatic rings. The fraction of sp³-hybridized carbons (Fsp3) is 0.400. The van der Waals surface area contributed by atoms with Crippen LogP contribution in [0.25, 0.3) is 0 Å². The molecule has 0 radical (unpaired) electrons. The van der Waals surface area contributed by atoms with Gasteiger partial charge < -0.3 is 19.7 Å². The van der Waals surface area contributed by atoms with Crippen LogP contribution < -0.4 is 14.8 Å². The fourth-order valence-corrected chi connectivity index (χ4v) is 3.99. The van der Waals surface area contributed by atoms with Gasteiger partial charge in [-0.2, -0.15) is 0 Å². The van der Waals surface area contributed by atoms with Gasteiger partial charge in [0, 0.05) is 49.5 Å². The minimum atomic E-state index is -0.0869. The quantitative estimate of drug-likeness (QED) is 0.703.